The third-order valence-corrected chi connectivity index (χ3v) is 8.26. The van der Waals surface area contributed by atoms with Gasteiger partial charge in [-0.1, -0.05) is 102 Å². The maximum absolute atomic E-state index is 14.4. The number of nitrogens with one attached hydrogen (secondary N) is 1. The fraction of sp³-hybridized carbons (Fsp3) is 0.212. The van der Waals surface area contributed by atoms with Crippen LogP contribution in [0.3, 0.4) is 0 Å². The van der Waals surface area contributed by atoms with Crippen LogP contribution in [0, 0.1) is 4.91 Å². The van der Waals surface area contributed by atoms with Crippen LogP contribution in [0.4, 0.5) is 0 Å². The third kappa shape index (κ3) is 5.14. The molecular formula is C33H28ClN3O4. The molecule has 0 saturated carbocycles. The Morgan fingerprint density at radius 1 is 0.878 bits per heavy atom. The van der Waals surface area contributed by atoms with Crippen molar-refractivity contribution in [3.05, 3.63) is 146 Å². The maximum atomic E-state index is 14.4. The van der Waals surface area contributed by atoms with Gasteiger partial charge in [0.1, 0.15) is 6.04 Å². The number of aryl methyl sites for hydroxylation is 1. The van der Waals surface area contributed by atoms with Crippen LogP contribution in [-0.4, -0.2) is 22.8 Å². The van der Waals surface area contributed by atoms with E-state index in [0.29, 0.717) is 34.6 Å². The van der Waals surface area contributed by atoms with Crippen molar-refractivity contribution in [2.45, 2.75) is 43.5 Å². The van der Waals surface area contributed by atoms with Gasteiger partial charge in [0.25, 0.3) is 11.8 Å². The lowest BCUT2D eigenvalue weighted by molar-refractivity contribution is -0.138. The van der Waals surface area contributed by atoms with E-state index >= 15 is 0 Å². The fourth-order valence-corrected chi connectivity index (χ4v) is 6.27. The molecule has 4 atom stereocenters. The number of benzene rings is 4. The second-order valence-corrected chi connectivity index (χ2v) is 10.8. The summed E-state index contributed by atoms with van der Waals surface area (Å²) in [5, 5.41) is 4.03. The summed E-state index contributed by atoms with van der Waals surface area (Å²) in [5.74, 6) is -1.49. The number of hydrogen-bond donors (Lipinski definition) is 1. The molecule has 6 rings (SSSR count). The quantitative estimate of drug-likeness (QED) is 0.200. The fourth-order valence-electron chi connectivity index (χ4n) is 6.15. The zero-order valence-corrected chi connectivity index (χ0v) is 22.9. The van der Waals surface area contributed by atoms with E-state index in [2.05, 4.69) is 10.7 Å². The predicted octanol–water partition coefficient (Wildman–Crippen LogP) is 6.69. The largest absolute Gasteiger partial charge is 0.321 e. The first kappa shape index (κ1) is 26.9. The predicted molar refractivity (Wildman–Crippen MR) is 156 cm³/mol. The summed E-state index contributed by atoms with van der Waals surface area (Å²) < 4.78 is 0. The Hall–Kier alpha value is -4.33. The topological polar surface area (TPSA) is 88.1 Å². The molecule has 206 valence electrons. The molecule has 2 amide bonds. The molecule has 0 bridgehead atoms. The Balaban J connectivity index is 1.47. The van der Waals surface area contributed by atoms with Crippen LogP contribution in [0.1, 0.15) is 62.6 Å². The number of halogens is 1. The van der Waals surface area contributed by atoms with Gasteiger partial charge in [0.2, 0.25) is 0 Å². The molecule has 1 N–H and O–H groups in total. The van der Waals surface area contributed by atoms with Gasteiger partial charge in [-0.2, -0.15) is 4.91 Å². The zero-order chi connectivity index (χ0) is 28.3. The van der Waals surface area contributed by atoms with Gasteiger partial charge < -0.3 is 4.90 Å². The molecule has 41 heavy (non-hydrogen) atoms. The Bertz CT molecular complexity index is 1580. The molecule has 4 aromatic carbocycles. The van der Waals surface area contributed by atoms with Crippen LogP contribution in [0.5, 0.6) is 0 Å². The number of nitrogens with zero attached hydrogens (tertiary/aromatic N) is 2. The average molecular weight is 566 g/mol. The minimum Gasteiger partial charge on any atom is -0.321 e. The lowest BCUT2D eigenvalue weighted by Gasteiger charge is -2.48. The van der Waals surface area contributed by atoms with Crippen molar-refractivity contribution in [2.24, 2.45) is 5.18 Å². The van der Waals surface area contributed by atoms with Gasteiger partial charge in [-0.05, 0) is 58.9 Å². The van der Waals surface area contributed by atoms with Crippen molar-refractivity contribution in [3.8, 4) is 0 Å². The van der Waals surface area contributed by atoms with Crippen molar-refractivity contribution < 1.29 is 14.4 Å². The second-order valence-electron chi connectivity index (χ2n) is 10.4. The van der Waals surface area contributed by atoms with Crippen molar-refractivity contribution in [1.29, 1.82) is 0 Å². The zero-order valence-electron chi connectivity index (χ0n) is 22.2. The number of rotatable bonds is 7. The highest BCUT2D eigenvalue weighted by Crippen LogP contribution is 2.50. The third-order valence-electron chi connectivity index (χ3n) is 8.01. The number of carbonyl (C=O) groups excluding carboxylic acids is 2. The Morgan fingerprint density at radius 3 is 2.32 bits per heavy atom. The van der Waals surface area contributed by atoms with Crippen molar-refractivity contribution >= 4 is 23.4 Å². The number of fused-ring (bicyclic) bond motifs is 2. The summed E-state index contributed by atoms with van der Waals surface area (Å²) in [5.41, 5.74) is 7.20. The molecule has 4 aromatic rings. The van der Waals surface area contributed by atoms with E-state index in [9.17, 15) is 14.5 Å². The Labute approximate surface area is 243 Å². The smallest absolute Gasteiger partial charge is 0.255 e. The standard InChI is InChI=1S/C33H28ClN3O4/c34-24-17-14-23(15-18-24)30-29(32(38)36-41-20-21-8-2-1-3-9-21)26-12-6-7-13-27(26)33(39)37(30)31-25-11-5-4-10-22(25)16-19-28(31)35-40/h1-15,17-18,28-31H,16,19-20H2,(H,36,38). The lowest BCUT2D eigenvalue weighted by Crippen LogP contribution is -2.51. The molecule has 8 heteroatoms. The first-order valence-corrected chi connectivity index (χ1v) is 14.0. The number of carbonyl (C=O) groups is 2. The molecule has 7 nitrogen and oxygen atoms in total. The molecule has 1 aliphatic carbocycles. The summed E-state index contributed by atoms with van der Waals surface area (Å²) >= 11 is 6.25. The first-order valence-electron chi connectivity index (χ1n) is 13.6. The summed E-state index contributed by atoms with van der Waals surface area (Å²) in [6, 6.07) is 29.5. The average Bonchev–Trinajstić information content (AvgIpc) is 3.01. The molecule has 0 aromatic heterocycles. The SMILES string of the molecule is O=NC1CCc2ccccc2C1N1C(=O)c2ccccc2C(C(=O)NOCc2ccccc2)C1c1ccc(Cl)cc1. The second kappa shape index (κ2) is 11.6. The normalized spacial score (nSPS) is 21.5. The van der Waals surface area contributed by atoms with E-state index in [1.807, 2.05) is 72.8 Å². The molecular weight excluding hydrogens is 538 g/mol. The van der Waals surface area contributed by atoms with Crippen LogP contribution in [-0.2, 0) is 22.7 Å². The van der Waals surface area contributed by atoms with Gasteiger partial charge >= 0.3 is 0 Å². The van der Waals surface area contributed by atoms with Crippen molar-refractivity contribution in [1.82, 2.24) is 10.4 Å². The molecule has 0 saturated heterocycles. The monoisotopic (exact) mass is 565 g/mol. The van der Waals surface area contributed by atoms with E-state index in [1.165, 1.54) is 0 Å². The van der Waals surface area contributed by atoms with Crippen LogP contribution in [0.25, 0.3) is 0 Å². The number of hydrogen-bond acceptors (Lipinski definition) is 5. The lowest BCUT2D eigenvalue weighted by atomic mass is 9.75. The molecule has 0 radical (unpaired) electrons. The molecule has 2 aliphatic rings. The van der Waals surface area contributed by atoms with Gasteiger partial charge in [0.05, 0.1) is 24.6 Å². The minimum absolute atomic E-state index is 0.183. The molecule has 0 fully saturated rings. The van der Waals surface area contributed by atoms with E-state index < -0.39 is 30.0 Å². The number of hydroxylamine groups is 1. The summed E-state index contributed by atoms with van der Waals surface area (Å²) in [6.07, 6.45) is 1.19. The van der Waals surface area contributed by atoms with Gasteiger partial charge in [0, 0.05) is 10.6 Å². The van der Waals surface area contributed by atoms with Gasteiger partial charge in [-0.25, -0.2) is 5.48 Å². The Morgan fingerprint density at radius 2 is 1.56 bits per heavy atom. The van der Waals surface area contributed by atoms with Crippen LogP contribution in [0.15, 0.2) is 108 Å². The highest BCUT2D eigenvalue weighted by molar-refractivity contribution is 6.30. The van der Waals surface area contributed by atoms with E-state index in [0.717, 1.165) is 16.7 Å². The summed E-state index contributed by atoms with van der Waals surface area (Å²) in [4.78, 5) is 48.1. The highest BCUT2D eigenvalue weighted by atomic mass is 35.5. The van der Waals surface area contributed by atoms with Crippen molar-refractivity contribution in [2.75, 3.05) is 0 Å². The number of nitroso groups, excluding NO2 is 1. The minimum atomic E-state index is -0.831. The van der Waals surface area contributed by atoms with E-state index in [4.69, 9.17) is 16.4 Å². The maximum Gasteiger partial charge on any atom is 0.255 e. The van der Waals surface area contributed by atoms with Gasteiger partial charge in [-0.3, -0.25) is 14.4 Å². The van der Waals surface area contributed by atoms with Crippen LogP contribution < -0.4 is 5.48 Å². The molecule has 1 aliphatic heterocycles. The molecule has 4 unspecified atom stereocenters. The highest BCUT2D eigenvalue weighted by Gasteiger charge is 2.50. The summed E-state index contributed by atoms with van der Waals surface area (Å²) in [7, 11) is 0. The number of amides is 2. The van der Waals surface area contributed by atoms with Crippen LogP contribution in [0.2, 0.25) is 5.02 Å². The summed E-state index contributed by atoms with van der Waals surface area (Å²) in [6.45, 7) is 0.183. The molecule has 1 heterocycles. The first-order chi connectivity index (χ1) is 20.1. The molecule has 0 spiro atoms. The van der Waals surface area contributed by atoms with Gasteiger partial charge in [0.15, 0.2) is 0 Å². The van der Waals surface area contributed by atoms with Crippen LogP contribution >= 0.6 is 11.6 Å². The van der Waals surface area contributed by atoms with Gasteiger partial charge in [-0.15, -0.1) is 0 Å². The van der Waals surface area contributed by atoms with Crippen molar-refractivity contribution in [3.63, 3.8) is 0 Å². The Kier molecular flexibility index (Phi) is 7.63. The van der Waals surface area contributed by atoms with E-state index in [-0.39, 0.29) is 12.5 Å². The van der Waals surface area contributed by atoms with E-state index in [1.54, 1.807) is 35.2 Å².